The van der Waals surface area contributed by atoms with Gasteiger partial charge in [0.1, 0.15) is 0 Å². The Bertz CT molecular complexity index is 96.1. The van der Waals surface area contributed by atoms with Crippen LogP contribution in [-0.4, -0.2) is 7.05 Å². The number of nitrogens with two attached hydrogens (primary N) is 1. The van der Waals surface area contributed by atoms with Gasteiger partial charge in [0.25, 0.3) is 0 Å². The molecule has 1 heteroatoms. The van der Waals surface area contributed by atoms with E-state index in [-0.39, 0.29) is 0 Å². The highest BCUT2D eigenvalue weighted by Gasteiger charge is 2.25. The SMILES string of the molecule is CC(C)(C)C1CCCCC1.CN. The molecule has 0 bridgehead atoms. The fraction of sp³-hybridized carbons (Fsp3) is 1.00. The molecule has 0 aliphatic heterocycles. The molecule has 0 heterocycles. The van der Waals surface area contributed by atoms with Crippen LogP contribution in [-0.2, 0) is 0 Å². The van der Waals surface area contributed by atoms with E-state index in [0.717, 1.165) is 5.92 Å². The van der Waals surface area contributed by atoms with E-state index in [1.54, 1.807) is 0 Å². The molecule has 0 atom stereocenters. The highest BCUT2D eigenvalue weighted by Crippen LogP contribution is 2.37. The fourth-order valence-electron chi connectivity index (χ4n) is 1.97. The van der Waals surface area contributed by atoms with Gasteiger partial charge in [-0.1, -0.05) is 40.0 Å². The Labute approximate surface area is 77.7 Å². The third kappa shape index (κ3) is 4.10. The molecule has 0 aromatic heterocycles. The Hall–Kier alpha value is -0.0400. The van der Waals surface area contributed by atoms with Crippen LogP contribution in [0.4, 0.5) is 0 Å². The molecule has 74 valence electrons. The summed E-state index contributed by atoms with van der Waals surface area (Å²) in [6.45, 7) is 7.13. The second-order valence-corrected chi connectivity index (χ2v) is 4.70. The normalized spacial score (nSPS) is 19.8. The van der Waals surface area contributed by atoms with Crippen molar-refractivity contribution < 1.29 is 0 Å². The van der Waals surface area contributed by atoms with E-state index in [0.29, 0.717) is 5.41 Å². The smallest absolute Gasteiger partial charge is 0.0195 e. The van der Waals surface area contributed by atoms with Crippen LogP contribution in [0.5, 0.6) is 0 Å². The zero-order valence-corrected chi connectivity index (χ0v) is 9.19. The quantitative estimate of drug-likeness (QED) is 0.595. The van der Waals surface area contributed by atoms with Crippen molar-refractivity contribution in [1.82, 2.24) is 0 Å². The third-order valence-corrected chi connectivity index (χ3v) is 2.83. The van der Waals surface area contributed by atoms with Gasteiger partial charge in [0.2, 0.25) is 0 Å². The minimum Gasteiger partial charge on any atom is -0.333 e. The molecule has 1 aliphatic rings. The maximum atomic E-state index is 4.50. The fourth-order valence-corrected chi connectivity index (χ4v) is 1.97. The molecule has 0 spiro atoms. The van der Waals surface area contributed by atoms with E-state index in [4.69, 9.17) is 0 Å². The summed E-state index contributed by atoms with van der Waals surface area (Å²) >= 11 is 0. The molecule has 2 N–H and O–H groups in total. The molecular weight excluding hydrogens is 146 g/mol. The summed E-state index contributed by atoms with van der Waals surface area (Å²) in [5.41, 5.74) is 5.07. The zero-order chi connectivity index (χ0) is 9.61. The Balaban J connectivity index is 0.000000561. The first-order chi connectivity index (χ1) is 5.61. The molecule has 0 radical (unpaired) electrons. The summed E-state index contributed by atoms with van der Waals surface area (Å²) in [6, 6.07) is 0. The van der Waals surface area contributed by atoms with E-state index in [9.17, 15) is 0 Å². The highest BCUT2D eigenvalue weighted by molar-refractivity contribution is 4.76. The number of hydrogen-bond acceptors (Lipinski definition) is 1. The molecule has 0 saturated heterocycles. The molecule has 1 nitrogen and oxygen atoms in total. The van der Waals surface area contributed by atoms with Gasteiger partial charge in [0, 0.05) is 0 Å². The van der Waals surface area contributed by atoms with Gasteiger partial charge in [-0.2, -0.15) is 0 Å². The predicted molar refractivity (Wildman–Crippen MR) is 56.1 cm³/mol. The van der Waals surface area contributed by atoms with Crippen LogP contribution in [0, 0.1) is 11.3 Å². The molecule has 1 aliphatic carbocycles. The van der Waals surface area contributed by atoms with Crippen LogP contribution < -0.4 is 5.73 Å². The van der Waals surface area contributed by atoms with Crippen LogP contribution >= 0.6 is 0 Å². The van der Waals surface area contributed by atoms with Crippen molar-refractivity contribution in [2.75, 3.05) is 7.05 Å². The lowest BCUT2D eigenvalue weighted by Gasteiger charge is -2.33. The van der Waals surface area contributed by atoms with Gasteiger partial charge in [-0.15, -0.1) is 0 Å². The van der Waals surface area contributed by atoms with E-state index >= 15 is 0 Å². The topological polar surface area (TPSA) is 26.0 Å². The molecule has 1 fully saturated rings. The largest absolute Gasteiger partial charge is 0.333 e. The van der Waals surface area contributed by atoms with Gasteiger partial charge >= 0.3 is 0 Å². The molecule has 1 saturated carbocycles. The summed E-state index contributed by atoms with van der Waals surface area (Å²) in [7, 11) is 1.50. The van der Waals surface area contributed by atoms with Crippen LogP contribution in [0.25, 0.3) is 0 Å². The minimum atomic E-state index is 0.570. The molecular formula is C11H25N. The van der Waals surface area contributed by atoms with Crippen molar-refractivity contribution in [1.29, 1.82) is 0 Å². The van der Waals surface area contributed by atoms with Crippen LogP contribution in [0.1, 0.15) is 52.9 Å². The third-order valence-electron chi connectivity index (χ3n) is 2.83. The number of rotatable bonds is 0. The summed E-state index contributed by atoms with van der Waals surface area (Å²) in [4.78, 5) is 0. The monoisotopic (exact) mass is 171 g/mol. The summed E-state index contributed by atoms with van der Waals surface area (Å²) in [5, 5.41) is 0. The number of hydrogen-bond donors (Lipinski definition) is 1. The molecule has 0 unspecified atom stereocenters. The van der Waals surface area contributed by atoms with Crippen molar-refractivity contribution in [2.45, 2.75) is 52.9 Å². The van der Waals surface area contributed by atoms with Crippen molar-refractivity contribution in [3.05, 3.63) is 0 Å². The van der Waals surface area contributed by atoms with Gasteiger partial charge in [-0.3, -0.25) is 0 Å². The lowest BCUT2D eigenvalue weighted by molar-refractivity contribution is 0.180. The Morgan fingerprint density at radius 1 is 0.917 bits per heavy atom. The van der Waals surface area contributed by atoms with Crippen molar-refractivity contribution in [2.24, 2.45) is 17.1 Å². The van der Waals surface area contributed by atoms with Gasteiger partial charge in [-0.05, 0) is 31.2 Å². The first-order valence-electron chi connectivity index (χ1n) is 5.18. The average Bonchev–Trinajstić information content (AvgIpc) is 2.08. The highest BCUT2D eigenvalue weighted by atomic mass is 14.4. The van der Waals surface area contributed by atoms with Crippen LogP contribution in [0.15, 0.2) is 0 Å². The summed E-state index contributed by atoms with van der Waals surface area (Å²) in [5.74, 6) is 1.00. The Kier molecular flexibility index (Phi) is 5.56. The minimum absolute atomic E-state index is 0.570. The maximum Gasteiger partial charge on any atom is -0.0195 e. The van der Waals surface area contributed by atoms with Gasteiger partial charge in [0.05, 0.1) is 0 Å². The summed E-state index contributed by atoms with van der Waals surface area (Å²) in [6.07, 6.45) is 7.38. The van der Waals surface area contributed by atoms with Crippen molar-refractivity contribution in [3.63, 3.8) is 0 Å². The Morgan fingerprint density at radius 2 is 1.33 bits per heavy atom. The molecule has 0 aromatic rings. The van der Waals surface area contributed by atoms with Crippen LogP contribution in [0.3, 0.4) is 0 Å². The lowest BCUT2D eigenvalue weighted by Crippen LogP contribution is -2.22. The maximum absolute atomic E-state index is 4.50. The first-order valence-corrected chi connectivity index (χ1v) is 5.18. The first kappa shape index (κ1) is 12.0. The van der Waals surface area contributed by atoms with Crippen molar-refractivity contribution in [3.8, 4) is 0 Å². The molecule has 1 rings (SSSR count). The van der Waals surface area contributed by atoms with E-state index in [1.807, 2.05) is 0 Å². The average molecular weight is 171 g/mol. The molecule has 12 heavy (non-hydrogen) atoms. The zero-order valence-electron chi connectivity index (χ0n) is 9.19. The van der Waals surface area contributed by atoms with E-state index in [1.165, 1.54) is 39.2 Å². The molecule has 0 aromatic carbocycles. The predicted octanol–water partition coefficient (Wildman–Crippen LogP) is 3.19. The Morgan fingerprint density at radius 3 is 1.58 bits per heavy atom. The van der Waals surface area contributed by atoms with Gasteiger partial charge < -0.3 is 5.73 Å². The molecule has 0 amide bonds. The second kappa shape index (κ2) is 5.58. The van der Waals surface area contributed by atoms with Crippen molar-refractivity contribution >= 4 is 0 Å². The standard InChI is InChI=1S/C10H20.CH5N/c1-10(2,3)9-7-5-4-6-8-9;1-2/h9H,4-8H2,1-3H3;2H2,1H3. The van der Waals surface area contributed by atoms with Crippen LogP contribution in [0.2, 0.25) is 0 Å². The summed E-state index contributed by atoms with van der Waals surface area (Å²) < 4.78 is 0. The van der Waals surface area contributed by atoms with E-state index in [2.05, 4.69) is 26.5 Å². The lowest BCUT2D eigenvalue weighted by atomic mass is 9.72. The van der Waals surface area contributed by atoms with Gasteiger partial charge in [-0.25, -0.2) is 0 Å². The van der Waals surface area contributed by atoms with E-state index < -0.39 is 0 Å². The van der Waals surface area contributed by atoms with Gasteiger partial charge in [0.15, 0.2) is 0 Å². The second-order valence-electron chi connectivity index (χ2n) is 4.70.